The zero-order valence-electron chi connectivity index (χ0n) is 11.8. The lowest BCUT2D eigenvalue weighted by molar-refractivity contribution is 0.412. The normalized spacial score (nSPS) is 22.6. The Labute approximate surface area is 114 Å². The van der Waals surface area contributed by atoms with Crippen LogP contribution in [0.3, 0.4) is 0 Å². The highest BCUT2D eigenvalue weighted by atomic mass is 35.5. The van der Waals surface area contributed by atoms with Crippen molar-refractivity contribution in [1.29, 1.82) is 0 Å². The Bertz CT molecular complexity index is 454. The Morgan fingerprint density at radius 2 is 1.78 bits per heavy atom. The van der Waals surface area contributed by atoms with Crippen LogP contribution in [0.1, 0.15) is 39.3 Å². The molecule has 0 aromatic heterocycles. The van der Waals surface area contributed by atoms with E-state index in [-0.39, 0.29) is 16.9 Å². The first-order valence-corrected chi connectivity index (χ1v) is 6.70. The van der Waals surface area contributed by atoms with Crippen molar-refractivity contribution in [1.82, 2.24) is 0 Å². The summed E-state index contributed by atoms with van der Waals surface area (Å²) in [5, 5.41) is 0.628. The fourth-order valence-electron chi connectivity index (χ4n) is 3.22. The van der Waals surface area contributed by atoms with E-state index in [1.54, 1.807) is 7.11 Å². The van der Waals surface area contributed by atoms with Crippen molar-refractivity contribution in [3.05, 3.63) is 28.8 Å². The second-order valence-electron chi connectivity index (χ2n) is 6.34. The third-order valence-electron chi connectivity index (χ3n) is 5.05. The molecule has 1 aliphatic carbocycles. The molecule has 1 aromatic carbocycles. The van der Waals surface area contributed by atoms with Crippen LogP contribution in [-0.2, 0) is 0 Å². The molecule has 18 heavy (non-hydrogen) atoms. The van der Waals surface area contributed by atoms with Crippen LogP contribution in [0.25, 0.3) is 0 Å². The number of ether oxygens (including phenoxy) is 1. The van der Waals surface area contributed by atoms with Gasteiger partial charge in [0.2, 0.25) is 0 Å². The van der Waals surface area contributed by atoms with Gasteiger partial charge in [0.1, 0.15) is 5.75 Å². The minimum absolute atomic E-state index is 0.0289. The monoisotopic (exact) mass is 267 g/mol. The van der Waals surface area contributed by atoms with Gasteiger partial charge in [0.25, 0.3) is 0 Å². The van der Waals surface area contributed by atoms with E-state index in [0.717, 1.165) is 5.56 Å². The number of halogens is 1. The number of nitrogens with two attached hydrogens (primary N) is 1. The van der Waals surface area contributed by atoms with E-state index < -0.39 is 0 Å². The van der Waals surface area contributed by atoms with E-state index in [2.05, 4.69) is 27.7 Å². The van der Waals surface area contributed by atoms with Crippen molar-refractivity contribution in [3.8, 4) is 5.75 Å². The molecule has 1 unspecified atom stereocenters. The maximum atomic E-state index is 6.43. The average molecular weight is 268 g/mol. The lowest BCUT2D eigenvalue weighted by Gasteiger charge is -2.16. The number of hydrogen-bond acceptors (Lipinski definition) is 2. The standard InChI is InChI=1S/C15H22ClNO/c1-14(2)13(15(14,3)4)12(17)9-6-7-10(16)11(8-9)18-5/h6-8,12-13H,17H2,1-5H3. The average Bonchev–Trinajstić information content (AvgIpc) is 2.69. The molecule has 1 fully saturated rings. The van der Waals surface area contributed by atoms with E-state index in [1.807, 2.05) is 18.2 Å². The first-order chi connectivity index (χ1) is 8.23. The number of rotatable bonds is 3. The predicted molar refractivity (Wildman–Crippen MR) is 76.0 cm³/mol. The van der Waals surface area contributed by atoms with Gasteiger partial charge >= 0.3 is 0 Å². The van der Waals surface area contributed by atoms with Crippen molar-refractivity contribution >= 4 is 11.6 Å². The second kappa shape index (κ2) is 4.14. The molecule has 0 saturated heterocycles. The Morgan fingerprint density at radius 1 is 1.22 bits per heavy atom. The molecule has 1 saturated carbocycles. The number of benzene rings is 1. The van der Waals surface area contributed by atoms with Crippen LogP contribution in [0.2, 0.25) is 5.02 Å². The fourth-order valence-corrected chi connectivity index (χ4v) is 3.42. The molecule has 3 heteroatoms. The molecule has 0 heterocycles. The van der Waals surface area contributed by atoms with Crippen molar-refractivity contribution in [2.75, 3.05) is 7.11 Å². The highest BCUT2D eigenvalue weighted by Crippen LogP contribution is 2.71. The quantitative estimate of drug-likeness (QED) is 0.897. The van der Waals surface area contributed by atoms with Crippen LogP contribution in [0.15, 0.2) is 18.2 Å². The van der Waals surface area contributed by atoms with Crippen LogP contribution >= 0.6 is 11.6 Å². The maximum absolute atomic E-state index is 6.43. The zero-order valence-corrected chi connectivity index (χ0v) is 12.5. The molecular weight excluding hydrogens is 246 g/mol. The summed E-state index contributed by atoms with van der Waals surface area (Å²) in [7, 11) is 1.63. The number of hydrogen-bond donors (Lipinski definition) is 1. The van der Waals surface area contributed by atoms with Gasteiger partial charge in [0.15, 0.2) is 0 Å². The highest BCUT2D eigenvalue weighted by molar-refractivity contribution is 6.32. The molecule has 2 rings (SSSR count). The number of methoxy groups -OCH3 is 1. The van der Waals surface area contributed by atoms with E-state index in [9.17, 15) is 0 Å². The van der Waals surface area contributed by atoms with Gasteiger partial charge < -0.3 is 10.5 Å². The molecule has 0 aliphatic heterocycles. The third-order valence-corrected chi connectivity index (χ3v) is 5.36. The smallest absolute Gasteiger partial charge is 0.137 e. The van der Waals surface area contributed by atoms with Gasteiger partial charge in [-0.05, 0) is 34.4 Å². The van der Waals surface area contributed by atoms with Gasteiger partial charge in [-0.1, -0.05) is 45.4 Å². The van der Waals surface area contributed by atoms with Crippen molar-refractivity contribution in [3.63, 3.8) is 0 Å². The first kappa shape index (κ1) is 13.7. The van der Waals surface area contributed by atoms with Crippen LogP contribution < -0.4 is 10.5 Å². The summed E-state index contributed by atoms with van der Waals surface area (Å²) in [6.45, 7) is 9.13. The molecule has 100 valence electrons. The van der Waals surface area contributed by atoms with Crippen LogP contribution in [-0.4, -0.2) is 7.11 Å². The lowest BCUT2D eigenvalue weighted by atomic mass is 9.97. The van der Waals surface area contributed by atoms with Gasteiger partial charge in [0.05, 0.1) is 12.1 Å². The topological polar surface area (TPSA) is 35.2 Å². The Balaban J connectivity index is 2.29. The largest absolute Gasteiger partial charge is 0.495 e. The van der Waals surface area contributed by atoms with Crippen LogP contribution in [0.5, 0.6) is 5.75 Å². The van der Waals surface area contributed by atoms with E-state index in [0.29, 0.717) is 16.7 Å². The molecule has 1 aromatic rings. The molecular formula is C15H22ClNO. The maximum Gasteiger partial charge on any atom is 0.137 e. The van der Waals surface area contributed by atoms with Gasteiger partial charge in [-0.25, -0.2) is 0 Å². The highest BCUT2D eigenvalue weighted by Gasteiger charge is 2.66. The second-order valence-corrected chi connectivity index (χ2v) is 6.75. The summed E-state index contributed by atoms with van der Waals surface area (Å²) in [5.74, 6) is 1.18. The summed E-state index contributed by atoms with van der Waals surface area (Å²) in [6, 6.07) is 5.84. The molecule has 0 spiro atoms. The summed E-state index contributed by atoms with van der Waals surface area (Å²) >= 11 is 6.04. The van der Waals surface area contributed by atoms with Crippen molar-refractivity contribution in [2.24, 2.45) is 22.5 Å². The lowest BCUT2D eigenvalue weighted by Crippen LogP contribution is -2.16. The molecule has 1 aliphatic rings. The summed E-state index contributed by atoms with van der Waals surface area (Å²) in [6.07, 6.45) is 0. The summed E-state index contributed by atoms with van der Waals surface area (Å²) < 4.78 is 5.25. The Hall–Kier alpha value is -0.730. The third kappa shape index (κ3) is 1.83. The summed E-state index contributed by atoms with van der Waals surface area (Å²) in [4.78, 5) is 0. The molecule has 0 radical (unpaired) electrons. The molecule has 0 bridgehead atoms. The van der Waals surface area contributed by atoms with Gasteiger partial charge in [-0.15, -0.1) is 0 Å². The van der Waals surface area contributed by atoms with Crippen molar-refractivity contribution < 1.29 is 4.74 Å². The fraction of sp³-hybridized carbons (Fsp3) is 0.600. The molecule has 1 atom stereocenters. The first-order valence-electron chi connectivity index (χ1n) is 6.32. The van der Waals surface area contributed by atoms with Crippen molar-refractivity contribution in [2.45, 2.75) is 33.7 Å². The molecule has 0 amide bonds. The van der Waals surface area contributed by atoms with E-state index in [4.69, 9.17) is 22.1 Å². The van der Waals surface area contributed by atoms with E-state index >= 15 is 0 Å². The minimum Gasteiger partial charge on any atom is -0.495 e. The Kier molecular flexibility index (Phi) is 3.15. The zero-order chi connectivity index (χ0) is 13.7. The van der Waals surface area contributed by atoms with Gasteiger partial charge in [-0.2, -0.15) is 0 Å². The Morgan fingerprint density at radius 3 is 2.22 bits per heavy atom. The minimum atomic E-state index is 0.0289. The van der Waals surface area contributed by atoms with Crippen LogP contribution in [0, 0.1) is 16.7 Å². The summed E-state index contributed by atoms with van der Waals surface area (Å²) in [5.41, 5.74) is 8.08. The molecule has 2 N–H and O–H groups in total. The molecule has 2 nitrogen and oxygen atoms in total. The SMILES string of the molecule is COc1cc(C(N)C2C(C)(C)C2(C)C)ccc1Cl. The van der Waals surface area contributed by atoms with Gasteiger partial charge in [0, 0.05) is 6.04 Å². The van der Waals surface area contributed by atoms with E-state index in [1.165, 1.54) is 0 Å². The predicted octanol–water partition coefficient (Wildman–Crippen LogP) is 4.03. The van der Waals surface area contributed by atoms with Crippen LogP contribution in [0.4, 0.5) is 0 Å². The van der Waals surface area contributed by atoms with Gasteiger partial charge in [-0.3, -0.25) is 0 Å².